The summed E-state index contributed by atoms with van der Waals surface area (Å²) in [6.07, 6.45) is 1.23. The molecule has 0 fully saturated rings. The molecule has 0 saturated heterocycles. The Balaban J connectivity index is 2.09. The number of nitrogens with zero attached hydrogens (tertiary/aromatic N) is 2. The molecule has 214 valence electrons. The molecule has 0 saturated carbocycles. The molecule has 40 heavy (non-hydrogen) atoms. The van der Waals surface area contributed by atoms with E-state index in [2.05, 4.69) is 5.32 Å². The second-order valence-corrected chi connectivity index (χ2v) is 11.4. The van der Waals surface area contributed by atoms with Gasteiger partial charge >= 0.3 is 0 Å². The average Bonchev–Trinajstić information content (AvgIpc) is 2.93. The van der Waals surface area contributed by atoms with Gasteiger partial charge in [-0.1, -0.05) is 54.1 Å². The van der Waals surface area contributed by atoms with Crippen LogP contribution in [0.15, 0.2) is 72.8 Å². The quantitative estimate of drug-likeness (QED) is 0.325. The Morgan fingerprint density at radius 2 is 1.65 bits per heavy atom. The predicted octanol–water partition coefficient (Wildman–Crippen LogP) is 3.90. The van der Waals surface area contributed by atoms with Crippen LogP contribution in [0.4, 0.5) is 5.69 Å². The first-order valence-corrected chi connectivity index (χ1v) is 14.8. The highest BCUT2D eigenvalue weighted by atomic mass is 35.5. The molecular weight excluding hydrogens is 554 g/mol. The summed E-state index contributed by atoms with van der Waals surface area (Å²) in [6.45, 7) is 1.61. The Hall–Kier alpha value is -3.76. The fourth-order valence-electron chi connectivity index (χ4n) is 4.26. The van der Waals surface area contributed by atoms with E-state index in [-0.39, 0.29) is 30.3 Å². The molecule has 3 aromatic carbocycles. The van der Waals surface area contributed by atoms with E-state index in [1.54, 1.807) is 43.3 Å². The van der Waals surface area contributed by atoms with Crippen LogP contribution in [0.3, 0.4) is 0 Å². The van der Waals surface area contributed by atoms with E-state index in [4.69, 9.17) is 21.1 Å². The summed E-state index contributed by atoms with van der Waals surface area (Å²) >= 11 is 6.22. The molecule has 2 amide bonds. The van der Waals surface area contributed by atoms with Crippen LogP contribution in [0.1, 0.15) is 18.1 Å². The lowest BCUT2D eigenvalue weighted by atomic mass is 10.0. The molecule has 0 spiro atoms. The predicted molar refractivity (Wildman–Crippen MR) is 156 cm³/mol. The molecule has 3 aromatic rings. The molecule has 0 aromatic heterocycles. The van der Waals surface area contributed by atoms with E-state index >= 15 is 0 Å². The summed E-state index contributed by atoms with van der Waals surface area (Å²) < 4.78 is 37.7. The molecule has 0 heterocycles. The molecule has 9 nitrogen and oxygen atoms in total. The standard InChI is InChI=1S/C29H34ClN3O6S/c1-5-31-29(35)26(17-21-10-7-6-8-11-21)32(19-22-12-9-13-23(30)16-22)28(34)20-33(40(4,36)37)25-18-24(38-2)14-15-27(25)39-3/h6-16,18,26H,5,17,19-20H2,1-4H3,(H,31,35)/t26-/m1/s1. The Morgan fingerprint density at radius 1 is 0.950 bits per heavy atom. The normalized spacial score (nSPS) is 11.8. The highest BCUT2D eigenvalue weighted by molar-refractivity contribution is 7.92. The summed E-state index contributed by atoms with van der Waals surface area (Å²) in [5.41, 5.74) is 1.67. The van der Waals surface area contributed by atoms with Gasteiger partial charge in [0.25, 0.3) is 0 Å². The second kappa shape index (κ2) is 14.0. The number of carbonyl (C=O) groups excluding carboxylic acids is 2. The van der Waals surface area contributed by atoms with Crippen LogP contribution in [0, 0.1) is 0 Å². The van der Waals surface area contributed by atoms with E-state index in [0.29, 0.717) is 22.9 Å². The van der Waals surface area contributed by atoms with Gasteiger partial charge < -0.3 is 19.7 Å². The zero-order chi connectivity index (χ0) is 29.3. The van der Waals surface area contributed by atoms with Crippen molar-refractivity contribution < 1.29 is 27.5 Å². The average molecular weight is 588 g/mol. The van der Waals surface area contributed by atoms with E-state index < -0.39 is 28.5 Å². The van der Waals surface area contributed by atoms with Gasteiger partial charge in [0.2, 0.25) is 21.8 Å². The van der Waals surface area contributed by atoms with Gasteiger partial charge in [0.05, 0.1) is 26.2 Å². The van der Waals surface area contributed by atoms with E-state index in [1.807, 2.05) is 30.3 Å². The molecule has 0 radical (unpaired) electrons. The fraction of sp³-hybridized carbons (Fsp3) is 0.310. The zero-order valence-electron chi connectivity index (χ0n) is 23.0. The van der Waals surface area contributed by atoms with Crippen LogP contribution in [-0.4, -0.2) is 64.7 Å². The minimum absolute atomic E-state index is 0.0286. The van der Waals surface area contributed by atoms with Crippen LogP contribution in [0.5, 0.6) is 11.5 Å². The number of hydrogen-bond acceptors (Lipinski definition) is 6. The Labute approximate surface area is 240 Å². The lowest BCUT2D eigenvalue weighted by molar-refractivity contribution is -0.140. The van der Waals surface area contributed by atoms with Crippen molar-refractivity contribution in [2.24, 2.45) is 0 Å². The van der Waals surface area contributed by atoms with Crippen molar-refractivity contribution in [3.63, 3.8) is 0 Å². The molecule has 1 atom stereocenters. The number of benzene rings is 3. The fourth-order valence-corrected chi connectivity index (χ4v) is 5.32. The highest BCUT2D eigenvalue weighted by Crippen LogP contribution is 2.34. The number of likely N-dealkylation sites (N-methyl/N-ethyl adjacent to an activating group) is 1. The number of anilines is 1. The number of amides is 2. The van der Waals surface area contributed by atoms with E-state index in [0.717, 1.165) is 16.1 Å². The van der Waals surface area contributed by atoms with Crippen molar-refractivity contribution in [3.05, 3.63) is 88.9 Å². The van der Waals surface area contributed by atoms with Crippen molar-refractivity contribution >= 4 is 39.1 Å². The first kappa shape index (κ1) is 30.8. The second-order valence-electron chi connectivity index (χ2n) is 9.06. The van der Waals surface area contributed by atoms with E-state index in [1.165, 1.54) is 25.2 Å². The number of sulfonamides is 1. The number of nitrogens with one attached hydrogen (secondary N) is 1. The summed E-state index contributed by atoms with van der Waals surface area (Å²) in [7, 11) is -1.11. The first-order chi connectivity index (χ1) is 19.1. The van der Waals surface area contributed by atoms with Gasteiger partial charge in [-0.15, -0.1) is 0 Å². The number of hydrogen-bond donors (Lipinski definition) is 1. The molecule has 0 aliphatic heterocycles. The maximum absolute atomic E-state index is 14.1. The lowest BCUT2D eigenvalue weighted by Gasteiger charge is -2.33. The van der Waals surface area contributed by atoms with Crippen LogP contribution < -0.4 is 19.1 Å². The maximum Gasteiger partial charge on any atom is 0.244 e. The first-order valence-electron chi connectivity index (χ1n) is 12.6. The van der Waals surface area contributed by atoms with Gasteiger partial charge in [0.1, 0.15) is 24.1 Å². The number of ether oxygens (including phenoxy) is 2. The summed E-state index contributed by atoms with van der Waals surface area (Å²) in [6, 6.07) is 20.0. The van der Waals surface area contributed by atoms with Gasteiger partial charge in [-0.05, 0) is 42.3 Å². The third kappa shape index (κ3) is 8.12. The van der Waals surface area contributed by atoms with Crippen LogP contribution >= 0.6 is 11.6 Å². The van der Waals surface area contributed by atoms with Crippen LogP contribution in [-0.2, 0) is 32.6 Å². The molecule has 0 bridgehead atoms. The van der Waals surface area contributed by atoms with Crippen molar-refractivity contribution in [2.45, 2.75) is 25.9 Å². The van der Waals surface area contributed by atoms with Crippen molar-refractivity contribution in [1.29, 1.82) is 0 Å². The van der Waals surface area contributed by atoms with Crippen LogP contribution in [0.25, 0.3) is 0 Å². The van der Waals surface area contributed by atoms with Crippen molar-refractivity contribution in [3.8, 4) is 11.5 Å². The molecule has 0 aliphatic carbocycles. The Kier molecular flexibility index (Phi) is 10.8. The lowest BCUT2D eigenvalue weighted by Crippen LogP contribution is -2.53. The topological polar surface area (TPSA) is 105 Å². The third-order valence-corrected chi connectivity index (χ3v) is 7.56. The van der Waals surface area contributed by atoms with E-state index in [9.17, 15) is 18.0 Å². The van der Waals surface area contributed by atoms with Crippen LogP contribution in [0.2, 0.25) is 5.02 Å². The molecule has 11 heteroatoms. The van der Waals surface area contributed by atoms with Gasteiger partial charge in [-0.25, -0.2) is 8.42 Å². The van der Waals surface area contributed by atoms with Gasteiger partial charge in [-0.3, -0.25) is 13.9 Å². The zero-order valence-corrected chi connectivity index (χ0v) is 24.5. The van der Waals surface area contributed by atoms with Crippen molar-refractivity contribution in [1.82, 2.24) is 10.2 Å². The highest BCUT2D eigenvalue weighted by Gasteiger charge is 2.33. The summed E-state index contributed by atoms with van der Waals surface area (Å²) in [5, 5.41) is 3.29. The number of methoxy groups -OCH3 is 2. The number of carbonyl (C=O) groups is 2. The maximum atomic E-state index is 14.1. The van der Waals surface area contributed by atoms with Gasteiger partial charge in [0, 0.05) is 30.6 Å². The smallest absolute Gasteiger partial charge is 0.244 e. The number of halogens is 1. The summed E-state index contributed by atoms with van der Waals surface area (Å²) in [4.78, 5) is 28.9. The monoisotopic (exact) mass is 587 g/mol. The van der Waals surface area contributed by atoms with Crippen molar-refractivity contribution in [2.75, 3.05) is 37.9 Å². The molecule has 3 rings (SSSR count). The number of rotatable bonds is 13. The summed E-state index contributed by atoms with van der Waals surface area (Å²) in [5.74, 6) is -0.309. The minimum Gasteiger partial charge on any atom is -0.497 e. The molecule has 1 N–H and O–H groups in total. The molecular formula is C29H34ClN3O6S. The molecule has 0 unspecified atom stereocenters. The molecule has 0 aliphatic rings. The Bertz CT molecular complexity index is 1420. The Morgan fingerprint density at radius 3 is 2.25 bits per heavy atom. The van der Waals surface area contributed by atoms with Gasteiger partial charge in [-0.2, -0.15) is 0 Å². The SMILES string of the molecule is CCNC(=O)[C@@H](Cc1ccccc1)N(Cc1cccc(Cl)c1)C(=O)CN(c1cc(OC)ccc1OC)S(C)(=O)=O. The largest absolute Gasteiger partial charge is 0.497 e. The third-order valence-electron chi connectivity index (χ3n) is 6.20. The minimum atomic E-state index is -3.97. The van der Waals surface area contributed by atoms with Gasteiger partial charge in [0.15, 0.2) is 0 Å².